The van der Waals surface area contributed by atoms with Gasteiger partial charge in [0.25, 0.3) is 5.91 Å². The predicted molar refractivity (Wildman–Crippen MR) is 101 cm³/mol. The molecule has 0 saturated carbocycles. The molecular weight excluding hydrogens is 344 g/mol. The number of fused-ring (bicyclic) bond motifs is 2. The number of hydrogen-bond donors (Lipinski definition) is 2. The number of ether oxygens (including phenoxy) is 1. The number of hydrogen-bond acceptors (Lipinski definition) is 4. The first kappa shape index (κ1) is 17.1. The van der Waals surface area contributed by atoms with Crippen LogP contribution < -0.4 is 15.4 Å². The summed E-state index contributed by atoms with van der Waals surface area (Å²) < 4.78 is 7.52. The summed E-state index contributed by atoms with van der Waals surface area (Å²) in [5.74, 6) is 0.478. The lowest BCUT2D eigenvalue weighted by atomic mass is 10.0. The zero-order valence-corrected chi connectivity index (χ0v) is 14.8. The second-order valence-electron chi connectivity index (χ2n) is 6.45. The Morgan fingerprint density at radius 2 is 2.19 bits per heavy atom. The van der Waals surface area contributed by atoms with Gasteiger partial charge in [0.15, 0.2) is 6.61 Å². The van der Waals surface area contributed by atoms with E-state index in [1.807, 2.05) is 47.1 Å². The van der Waals surface area contributed by atoms with Gasteiger partial charge in [-0.25, -0.2) is 4.98 Å². The smallest absolute Gasteiger partial charge is 0.257 e. The van der Waals surface area contributed by atoms with E-state index in [9.17, 15) is 9.59 Å². The minimum atomic E-state index is -0.176. The standard InChI is InChI=1S/C20H20N4O3/c25-19-7-4-14-11-16(5-6-17(14)23-19)27-13-20(26)21-9-8-15-12-24-10-2-1-3-18(24)22-15/h1-3,5-6,10-12H,4,7-9,13H2,(H,21,26)(H,23,25). The van der Waals surface area contributed by atoms with E-state index >= 15 is 0 Å². The maximum Gasteiger partial charge on any atom is 0.257 e. The molecule has 27 heavy (non-hydrogen) atoms. The summed E-state index contributed by atoms with van der Waals surface area (Å²) in [5.41, 5.74) is 3.67. The Bertz CT molecular complexity index is 963. The summed E-state index contributed by atoms with van der Waals surface area (Å²) in [6, 6.07) is 11.3. The van der Waals surface area contributed by atoms with Gasteiger partial charge in [0.1, 0.15) is 11.4 Å². The van der Waals surface area contributed by atoms with Crippen molar-refractivity contribution in [1.82, 2.24) is 14.7 Å². The number of rotatable bonds is 6. The van der Waals surface area contributed by atoms with Crippen LogP contribution in [0.25, 0.3) is 5.65 Å². The van der Waals surface area contributed by atoms with Gasteiger partial charge in [-0.3, -0.25) is 9.59 Å². The first-order valence-corrected chi connectivity index (χ1v) is 8.92. The Hall–Kier alpha value is -3.35. The zero-order valence-electron chi connectivity index (χ0n) is 14.8. The monoisotopic (exact) mass is 364 g/mol. The minimum absolute atomic E-state index is 0.0288. The van der Waals surface area contributed by atoms with E-state index < -0.39 is 0 Å². The maximum absolute atomic E-state index is 12.0. The summed E-state index contributed by atoms with van der Waals surface area (Å²) in [6.45, 7) is 0.457. The largest absolute Gasteiger partial charge is 0.484 e. The van der Waals surface area contributed by atoms with Crippen molar-refractivity contribution < 1.29 is 14.3 Å². The first-order valence-electron chi connectivity index (χ1n) is 8.92. The quantitative estimate of drug-likeness (QED) is 0.700. The number of carbonyl (C=O) groups is 2. The minimum Gasteiger partial charge on any atom is -0.484 e. The van der Waals surface area contributed by atoms with Gasteiger partial charge in [-0.15, -0.1) is 0 Å². The fourth-order valence-corrected chi connectivity index (χ4v) is 3.09. The molecule has 1 aromatic carbocycles. The third kappa shape index (κ3) is 4.08. The van der Waals surface area contributed by atoms with Crippen molar-refractivity contribution in [2.45, 2.75) is 19.3 Å². The summed E-state index contributed by atoms with van der Waals surface area (Å²) in [6.07, 6.45) is 5.72. The predicted octanol–water partition coefficient (Wildman–Crippen LogP) is 1.96. The average Bonchev–Trinajstić information content (AvgIpc) is 3.09. The summed E-state index contributed by atoms with van der Waals surface area (Å²) in [4.78, 5) is 27.9. The third-order valence-corrected chi connectivity index (χ3v) is 4.46. The van der Waals surface area contributed by atoms with E-state index in [0.717, 1.165) is 22.6 Å². The van der Waals surface area contributed by atoms with E-state index in [-0.39, 0.29) is 18.4 Å². The van der Waals surface area contributed by atoms with Crippen LogP contribution >= 0.6 is 0 Å². The first-order chi connectivity index (χ1) is 13.2. The highest BCUT2D eigenvalue weighted by molar-refractivity contribution is 5.94. The molecule has 2 N–H and O–H groups in total. The summed E-state index contributed by atoms with van der Waals surface area (Å²) >= 11 is 0. The number of amides is 2. The number of imidazole rings is 1. The van der Waals surface area contributed by atoms with Gasteiger partial charge >= 0.3 is 0 Å². The van der Waals surface area contributed by atoms with Crippen LogP contribution in [0.1, 0.15) is 17.7 Å². The zero-order chi connectivity index (χ0) is 18.6. The Balaban J connectivity index is 1.24. The maximum atomic E-state index is 12.0. The highest BCUT2D eigenvalue weighted by atomic mass is 16.5. The number of aromatic nitrogens is 2. The fraction of sp³-hybridized carbons (Fsp3) is 0.250. The van der Waals surface area contributed by atoms with Gasteiger partial charge in [0.2, 0.25) is 5.91 Å². The summed E-state index contributed by atoms with van der Waals surface area (Å²) in [7, 11) is 0. The van der Waals surface area contributed by atoms with Crippen LogP contribution in [-0.2, 0) is 22.4 Å². The lowest BCUT2D eigenvalue weighted by Gasteiger charge is -2.17. The van der Waals surface area contributed by atoms with E-state index in [1.54, 1.807) is 6.07 Å². The molecule has 7 nitrogen and oxygen atoms in total. The summed E-state index contributed by atoms with van der Waals surface area (Å²) in [5, 5.41) is 5.67. The van der Waals surface area contributed by atoms with Crippen molar-refractivity contribution in [3.63, 3.8) is 0 Å². The number of aryl methyl sites for hydroxylation is 1. The molecule has 4 rings (SSSR count). The van der Waals surface area contributed by atoms with Gasteiger partial charge in [0, 0.05) is 37.5 Å². The topological polar surface area (TPSA) is 84.7 Å². The van der Waals surface area contributed by atoms with Gasteiger partial charge in [-0.05, 0) is 42.3 Å². The molecule has 1 aliphatic heterocycles. The van der Waals surface area contributed by atoms with Crippen molar-refractivity contribution in [1.29, 1.82) is 0 Å². The van der Waals surface area contributed by atoms with E-state index in [2.05, 4.69) is 15.6 Å². The molecule has 0 bridgehead atoms. The molecule has 0 unspecified atom stereocenters. The Morgan fingerprint density at radius 1 is 1.26 bits per heavy atom. The highest BCUT2D eigenvalue weighted by Gasteiger charge is 2.15. The molecule has 7 heteroatoms. The molecular formula is C20H20N4O3. The number of anilines is 1. The van der Waals surface area contributed by atoms with Crippen molar-refractivity contribution >= 4 is 23.1 Å². The number of carbonyl (C=O) groups excluding carboxylic acids is 2. The average molecular weight is 364 g/mol. The molecule has 0 aliphatic carbocycles. The molecule has 2 amide bonds. The molecule has 0 atom stereocenters. The third-order valence-electron chi connectivity index (χ3n) is 4.46. The van der Waals surface area contributed by atoms with Crippen molar-refractivity contribution in [2.24, 2.45) is 0 Å². The van der Waals surface area contributed by atoms with Crippen LogP contribution in [0, 0.1) is 0 Å². The van der Waals surface area contributed by atoms with Gasteiger partial charge in [0.05, 0.1) is 5.69 Å². The molecule has 138 valence electrons. The van der Waals surface area contributed by atoms with E-state index in [1.165, 1.54) is 0 Å². The highest BCUT2D eigenvalue weighted by Crippen LogP contribution is 2.26. The van der Waals surface area contributed by atoms with E-state index in [4.69, 9.17) is 4.74 Å². The molecule has 3 aromatic rings. The van der Waals surface area contributed by atoms with Crippen molar-refractivity contribution in [3.8, 4) is 5.75 Å². The molecule has 0 saturated heterocycles. The molecule has 1 aliphatic rings. The van der Waals surface area contributed by atoms with Gasteiger partial charge in [-0.1, -0.05) is 6.07 Å². The van der Waals surface area contributed by atoms with Crippen LogP contribution in [-0.4, -0.2) is 34.4 Å². The Morgan fingerprint density at radius 3 is 3.07 bits per heavy atom. The Kier molecular flexibility index (Phi) is 4.74. The fourth-order valence-electron chi connectivity index (χ4n) is 3.09. The second kappa shape index (κ2) is 7.49. The Labute approximate surface area is 156 Å². The van der Waals surface area contributed by atoms with Crippen molar-refractivity contribution in [3.05, 3.63) is 60.0 Å². The number of benzene rings is 1. The van der Waals surface area contributed by atoms with Crippen LogP contribution in [0.2, 0.25) is 0 Å². The number of nitrogens with one attached hydrogen (secondary N) is 2. The van der Waals surface area contributed by atoms with Gasteiger partial charge < -0.3 is 19.8 Å². The lowest BCUT2D eigenvalue weighted by Crippen LogP contribution is -2.30. The lowest BCUT2D eigenvalue weighted by molar-refractivity contribution is -0.123. The SMILES string of the molecule is O=C(COc1ccc2c(c1)CCC(=O)N2)NCCc1cn2ccccc2n1. The van der Waals surface area contributed by atoms with Crippen LogP contribution in [0.5, 0.6) is 5.75 Å². The van der Waals surface area contributed by atoms with Crippen LogP contribution in [0.4, 0.5) is 5.69 Å². The van der Waals surface area contributed by atoms with Gasteiger partial charge in [-0.2, -0.15) is 0 Å². The molecule has 0 radical (unpaired) electrons. The van der Waals surface area contributed by atoms with Crippen LogP contribution in [0.15, 0.2) is 48.8 Å². The van der Waals surface area contributed by atoms with Crippen LogP contribution in [0.3, 0.4) is 0 Å². The molecule has 3 heterocycles. The second-order valence-corrected chi connectivity index (χ2v) is 6.45. The molecule has 2 aromatic heterocycles. The molecule has 0 spiro atoms. The van der Waals surface area contributed by atoms with Crippen molar-refractivity contribution in [2.75, 3.05) is 18.5 Å². The van der Waals surface area contributed by atoms with E-state index in [0.29, 0.717) is 31.6 Å². The molecule has 0 fully saturated rings. The number of nitrogens with zero attached hydrogens (tertiary/aromatic N) is 2. The number of pyridine rings is 1. The normalized spacial score (nSPS) is 13.1.